The summed E-state index contributed by atoms with van der Waals surface area (Å²) in [5, 5.41) is 11.2. The van der Waals surface area contributed by atoms with Crippen LogP contribution in [-0.2, 0) is 0 Å². The fraction of sp³-hybridized carbons (Fsp3) is 0. The molecule has 1 aromatic heterocycles. The van der Waals surface area contributed by atoms with Gasteiger partial charge in [-0.25, -0.2) is 9.97 Å². The summed E-state index contributed by atoms with van der Waals surface area (Å²) < 4.78 is 0. The van der Waals surface area contributed by atoms with E-state index in [0.717, 1.165) is 39.1 Å². The van der Waals surface area contributed by atoms with E-state index in [1.54, 1.807) is 0 Å². The lowest BCUT2D eigenvalue weighted by Crippen LogP contribution is -1.95. The maximum Gasteiger partial charge on any atom is 0.160 e. The van der Waals surface area contributed by atoms with Gasteiger partial charge in [-0.15, -0.1) is 0 Å². The van der Waals surface area contributed by atoms with Crippen molar-refractivity contribution in [2.75, 3.05) is 0 Å². The first-order valence-electron chi connectivity index (χ1n) is 15.0. The van der Waals surface area contributed by atoms with Crippen LogP contribution in [0.1, 0.15) is 0 Å². The molecule has 0 aliphatic heterocycles. The molecule has 44 heavy (non-hydrogen) atoms. The van der Waals surface area contributed by atoms with Crippen molar-refractivity contribution < 1.29 is 0 Å². The Morgan fingerprint density at radius 2 is 0.818 bits per heavy atom. The molecule has 2 heteroatoms. The van der Waals surface area contributed by atoms with Crippen LogP contribution in [0.3, 0.4) is 0 Å². The molecule has 9 rings (SSSR count). The molecule has 0 N–H and O–H groups in total. The van der Waals surface area contributed by atoms with Crippen molar-refractivity contribution in [3.05, 3.63) is 158 Å². The molecule has 9 aromatic rings. The maximum absolute atomic E-state index is 5.11. The van der Waals surface area contributed by atoms with Crippen LogP contribution in [0.25, 0.3) is 87.8 Å². The Kier molecular flexibility index (Phi) is 5.54. The molecule has 2 nitrogen and oxygen atoms in total. The van der Waals surface area contributed by atoms with Crippen molar-refractivity contribution in [3.63, 3.8) is 0 Å². The average Bonchev–Trinajstić information content (AvgIpc) is 3.11. The molecule has 8 aromatic carbocycles. The van der Waals surface area contributed by atoms with Gasteiger partial charge in [0.1, 0.15) is 0 Å². The van der Waals surface area contributed by atoms with E-state index in [2.05, 4.69) is 133 Å². The van der Waals surface area contributed by atoms with Gasteiger partial charge in [0, 0.05) is 16.5 Å². The third-order valence-electron chi connectivity index (χ3n) is 8.85. The van der Waals surface area contributed by atoms with Crippen molar-refractivity contribution in [3.8, 4) is 33.8 Å². The van der Waals surface area contributed by atoms with Crippen LogP contribution in [0.4, 0.5) is 0 Å². The second kappa shape index (κ2) is 9.86. The second-order valence-electron chi connectivity index (χ2n) is 11.4. The van der Waals surface area contributed by atoms with Gasteiger partial charge in [0.15, 0.2) is 5.82 Å². The van der Waals surface area contributed by atoms with Gasteiger partial charge in [-0.05, 0) is 72.4 Å². The van der Waals surface area contributed by atoms with Gasteiger partial charge in [-0.1, -0.05) is 140 Å². The van der Waals surface area contributed by atoms with Crippen LogP contribution in [0.5, 0.6) is 0 Å². The molecule has 0 aliphatic carbocycles. The summed E-state index contributed by atoms with van der Waals surface area (Å²) in [6, 6.07) is 56.3. The van der Waals surface area contributed by atoms with Crippen LogP contribution in [0, 0.1) is 0 Å². The highest BCUT2D eigenvalue weighted by atomic mass is 14.9. The lowest BCUT2D eigenvalue weighted by Gasteiger charge is -2.13. The molecule has 1 heterocycles. The number of aromatic nitrogens is 2. The van der Waals surface area contributed by atoms with Crippen LogP contribution in [-0.4, -0.2) is 9.97 Å². The minimum atomic E-state index is 0.738. The molecule has 0 bridgehead atoms. The van der Waals surface area contributed by atoms with Gasteiger partial charge in [0.25, 0.3) is 0 Å². The second-order valence-corrected chi connectivity index (χ2v) is 11.4. The highest BCUT2D eigenvalue weighted by Gasteiger charge is 2.14. The molecule has 0 saturated carbocycles. The molecule has 0 spiro atoms. The largest absolute Gasteiger partial charge is 0.228 e. The van der Waals surface area contributed by atoms with Crippen LogP contribution in [0.15, 0.2) is 158 Å². The zero-order valence-electron chi connectivity index (χ0n) is 23.9. The summed E-state index contributed by atoms with van der Waals surface area (Å²) in [6.07, 6.45) is 0. The SMILES string of the molecule is c1ccc(-c2nc(-c3ccccc3)c3cc(-c4ccc5ccc6c(ccc7c8ccccc8ccc76)c5c4)ccc3n2)cc1. The summed E-state index contributed by atoms with van der Waals surface area (Å²) in [7, 11) is 0. The van der Waals surface area contributed by atoms with Gasteiger partial charge in [0.05, 0.1) is 11.2 Å². The third-order valence-corrected chi connectivity index (χ3v) is 8.85. The van der Waals surface area contributed by atoms with E-state index in [-0.39, 0.29) is 0 Å². The molecule has 0 fully saturated rings. The third kappa shape index (κ3) is 3.96. The number of hydrogen-bond acceptors (Lipinski definition) is 2. The van der Waals surface area contributed by atoms with Gasteiger partial charge in [-0.3, -0.25) is 0 Å². The molecule has 0 unspecified atom stereocenters. The lowest BCUT2D eigenvalue weighted by molar-refractivity contribution is 1.23. The van der Waals surface area contributed by atoms with Gasteiger partial charge >= 0.3 is 0 Å². The number of hydrogen-bond donors (Lipinski definition) is 0. The zero-order valence-corrected chi connectivity index (χ0v) is 23.9. The number of rotatable bonds is 3. The molecule has 0 amide bonds. The summed E-state index contributed by atoms with van der Waals surface area (Å²) >= 11 is 0. The molecular weight excluding hydrogens is 532 g/mol. The fourth-order valence-electron chi connectivity index (χ4n) is 6.65. The van der Waals surface area contributed by atoms with Crippen molar-refractivity contribution in [1.29, 1.82) is 0 Å². The highest BCUT2D eigenvalue weighted by Crippen LogP contribution is 2.37. The predicted molar refractivity (Wildman–Crippen MR) is 186 cm³/mol. The van der Waals surface area contributed by atoms with Gasteiger partial charge in [0.2, 0.25) is 0 Å². The van der Waals surface area contributed by atoms with E-state index in [1.807, 2.05) is 24.3 Å². The van der Waals surface area contributed by atoms with Crippen molar-refractivity contribution in [2.45, 2.75) is 0 Å². The predicted octanol–water partition coefficient (Wildman–Crippen LogP) is 11.2. The Morgan fingerprint density at radius 3 is 1.57 bits per heavy atom. The number of nitrogens with zero attached hydrogens (tertiary/aromatic N) is 2. The standard InChI is InChI=1S/C42H26N2/c1-3-10-29(11-4-1)41-39-26-32(19-24-40(39)43-42(44-41)30-12-5-2-6-13-30)31-16-15-28-18-21-36-35-20-17-27-9-7-8-14-33(27)34(35)22-23-37(36)38(28)25-31/h1-26H. The van der Waals surface area contributed by atoms with Gasteiger partial charge < -0.3 is 0 Å². The van der Waals surface area contributed by atoms with E-state index in [1.165, 1.54) is 48.7 Å². The minimum absolute atomic E-state index is 0.738. The van der Waals surface area contributed by atoms with Crippen molar-refractivity contribution >= 4 is 54.0 Å². The topological polar surface area (TPSA) is 25.8 Å². The zero-order chi connectivity index (χ0) is 29.0. The van der Waals surface area contributed by atoms with E-state index < -0.39 is 0 Å². The number of benzene rings is 8. The van der Waals surface area contributed by atoms with Crippen molar-refractivity contribution in [2.24, 2.45) is 0 Å². The van der Waals surface area contributed by atoms with E-state index in [9.17, 15) is 0 Å². The highest BCUT2D eigenvalue weighted by molar-refractivity contribution is 6.22. The smallest absolute Gasteiger partial charge is 0.160 e. The summed E-state index contributed by atoms with van der Waals surface area (Å²) in [4.78, 5) is 10.1. The van der Waals surface area contributed by atoms with Crippen LogP contribution < -0.4 is 0 Å². The van der Waals surface area contributed by atoms with E-state index in [0.29, 0.717) is 0 Å². The monoisotopic (exact) mass is 558 g/mol. The number of fused-ring (bicyclic) bond motifs is 8. The first-order valence-corrected chi connectivity index (χ1v) is 15.0. The Morgan fingerprint density at radius 1 is 0.295 bits per heavy atom. The van der Waals surface area contributed by atoms with Crippen LogP contribution >= 0.6 is 0 Å². The minimum Gasteiger partial charge on any atom is -0.228 e. The summed E-state index contributed by atoms with van der Waals surface area (Å²) in [6.45, 7) is 0. The molecule has 0 atom stereocenters. The normalized spacial score (nSPS) is 11.6. The molecule has 0 aliphatic rings. The maximum atomic E-state index is 5.11. The Balaban J connectivity index is 1.24. The van der Waals surface area contributed by atoms with Gasteiger partial charge in [-0.2, -0.15) is 0 Å². The van der Waals surface area contributed by atoms with Crippen molar-refractivity contribution in [1.82, 2.24) is 9.97 Å². The quantitative estimate of drug-likeness (QED) is 0.202. The molecule has 0 saturated heterocycles. The Labute approximate surface area is 254 Å². The van der Waals surface area contributed by atoms with E-state index in [4.69, 9.17) is 9.97 Å². The van der Waals surface area contributed by atoms with E-state index >= 15 is 0 Å². The molecule has 204 valence electrons. The first kappa shape index (κ1) is 24.7. The molecule has 0 radical (unpaired) electrons. The summed E-state index contributed by atoms with van der Waals surface area (Å²) in [5.74, 6) is 0.738. The Hall–Kier alpha value is -5.86. The van der Waals surface area contributed by atoms with Crippen LogP contribution in [0.2, 0.25) is 0 Å². The molecular formula is C42H26N2. The fourth-order valence-corrected chi connectivity index (χ4v) is 6.65. The first-order chi connectivity index (χ1) is 21.8. The Bertz CT molecular complexity index is 2530. The lowest BCUT2D eigenvalue weighted by atomic mass is 9.92. The average molecular weight is 559 g/mol. The summed E-state index contributed by atoms with van der Waals surface area (Å²) in [5.41, 5.74) is 6.30.